The molecule has 0 aromatic heterocycles. The number of hydrogen-bond donors (Lipinski definition) is 1. The second-order valence-electron chi connectivity index (χ2n) is 5.54. The lowest BCUT2D eigenvalue weighted by Crippen LogP contribution is -2.19. The van der Waals surface area contributed by atoms with Crippen LogP contribution in [0.15, 0.2) is 22.4 Å². The van der Waals surface area contributed by atoms with E-state index in [0.29, 0.717) is 18.9 Å². The largest absolute Gasteiger partial charge is 0.462 e. The Labute approximate surface area is 129 Å². The van der Waals surface area contributed by atoms with Crippen molar-refractivity contribution in [3.05, 3.63) is 22.4 Å². The molecule has 1 fully saturated rings. The summed E-state index contributed by atoms with van der Waals surface area (Å²) in [5.41, 5.74) is 1.71. The van der Waals surface area contributed by atoms with Gasteiger partial charge in [-0.15, -0.1) is 11.8 Å². The van der Waals surface area contributed by atoms with E-state index in [9.17, 15) is 9.59 Å². The molecule has 2 heterocycles. The minimum Gasteiger partial charge on any atom is -0.462 e. The van der Waals surface area contributed by atoms with Crippen LogP contribution in [0.25, 0.3) is 0 Å². The summed E-state index contributed by atoms with van der Waals surface area (Å²) < 4.78 is 5.35. The molecule has 0 atom stereocenters. The highest BCUT2D eigenvalue weighted by molar-refractivity contribution is 8.03. The molecule has 0 aliphatic carbocycles. The van der Waals surface area contributed by atoms with E-state index in [1.54, 1.807) is 24.9 Å². The first-order valence-corrected chi connectivity index (χ1v) is 8.24. The smallest absolute Gasteiger partial charge is 0.336 e. The maximum atomic E-state index is 12.1. The third kappa shape index (κ3) is 3.81. The van der Waals surface area contributed by atoms with Crippen LogP contribution in [0.1, 0.15) is 26.7 Å². The second kappa shape index (κ2) is 7.02. The average molecular weight is 310 g/mol. The van der Waals surface area contributed by atoms with Crippen LogP contribution in [-0.2, 0) is 14.3 Å². The van der Waals surface area contributed by atoms with E-state index < -0.39 is 0 Å². The van der Waals surface area contributed by atoms with Gasteiger partial charge in [-0.2, -0.15) is 0 Å². The van der Waals surface area contributed by atoms with Crippen LogP contribution in [0, 0.1) is 5.92 Å². The van der Waals surface area contributed by atoms with Crippen LogP contribution in [0.3, 0.4) is 0 Å². The Bertz CT molecular complexity index is 497. The van der Waals surface area contributed by atoms with Crippen molar-refractivity contribution in [1.82, 2.24) is 10.2 Å². The minimum atomic E-state index is -0.207. The summed E-state index contributed by atoms with van der Waals surface area (Å²) in [7, 11) is 1.61. The fourth-order valence-corrected chi connectivity index (χ4v) is 3.51. The van der Waals surface area contributed by atoms with E-state index >= 15 is 0 Å². The van der Waals surface area contributed by atoms with Gasteiger partial charge in [0.1, 0.15) is 0 Å². The van der Waals surface area contributed by atoms with Crippen molar-refractivity contribution in [1.29, 1.82) is 0 Å². The first kappa shape index (κ1) is 15.9. The Hall–Kier alpha value is -1.43. The zero-order valence-electron chi connectivity index (χ0n) is 12.8. The number of likely N-dealkylation sites (N-methyl/N-ethyl adjacent to an activating group) is 1. The van der Waals surface area contributed by atoms with Crippen molar-refractivity contribution in [2.24, 2.45) is 5.92 Å². The van der Waals surface area contributed by atoms with Gasteiger partial charge in [0.25, 0.3) is 0 Å². The lowest BCUT2D eigenvalue weighted by molar-refractivity contribution is -0.139. The fraction of sp³-hybridized carbons (Fsp3) is 0.600. The molecular formula is C15H22N2O3S. The van der Waals surface area contributed by atoms with Gasteiger partial charge in [0.05, 0.1) is 17.2 Å². The molecule has 1 amide bonds. The molecule has 0 spiro atoms. The summed E-state index contributed by atoms with van der Waals surface area (Å²) in [5, 5.41) is 3.54. The third-order valence-corrected chi connectivity index (χ3v) is 4.69. The number of carbonyl (C=O) groups excluding carboxylic acids is 2. The maximum Gasteiger partial charge on any atom is 0.336 e. The molecule has 2 aliphatic rings. The molecule has 2 aliphatic heterocycles. The Morgan fingerprint density at radius 2 is 2.24 bits per heavy atom. The van der Waals surface area contributed by atoms with E-state index in [2.05, 4.69) is 24.1 Å². The second-order valence-corrected chi connectivity index (χ2v) is 6.51. The number of carbonyl (C=O) groups is 2. The Balaban J connectivity index is 2.01. The molecule has 0 saturated carbocycles. The van der Waals surface area contributed by atoms with Crippen molar-refractivity contribution >= 4 is 23.6 Å². The summed E-state index contributed by atoms with van der Waals surface area (Å²) in [5.74, 6) is 0.936. The summed E-state index contributed by atoms with van der Waals surface area (Å²) in [6, 6.07) is 0. The first-order chi connectivity index (χ1) is 10.0. The van der Waals surface area contributed by atoms with Crippen LogP contribution in [0.5, 0.6) is 0 Å². The van der Waals surface area contributed by atoms with E-state index in [1.165, 1.54) is 0 Å². The predicted molar refractivity (Wildman–Crippen MR) is 83.4 cm³/mol. The molecule has 0 aromatic rings. The number of thioether (sulfide) groups is 1. The quantitative estimate of drug-likeness (QED) is 0.620. The third-order valence-electron chi connectivity index (χ3n) is 3.51. The van der Waals surface area contributed by atoms with Crippen LogP contribution in [0.2, 0.25) is 0 Å². The molecule has 5 nitrogen and oxygen atoms in total. The minimum absolute atomic E-state index is 0.111. The van der Waals surface area contributed by atoms with Crippen LogP contribution in [0.4, 0.5) is 0 Å². The number of nitrogens with one attached hydrogen (secondary N) is 1. The summed E-state index contributed by atoms with van der Waals surface area (Å²) in [6.07, 6.45) is 3.17. The number of hydrogen-bond acceptors (Lipinski definition) is 5. The van der Waals surface area contributed by atoms with E-state index in [1.807, 2.05) is 0 Å². The highest BCUT2D eigenvalue weighted by atomic mass is 32.2. The summed E-state index contributed by atoms with van der Waals surface area (Å²) >= 11 is 1.61. The monoisotopic (exact) mass is 310 g/mol. The molecule has 1 saturated heterocycles. The van der Waals surface area contributed by atoms with Gasteiger partial charge in [0, 0.05) is 37.5 Å². The standard InChI is InChI=1S/C15H22N2O3S/c1-10(2)5-7-20-15(19)12-4-6-17-11(8-13(18)16-3)9-21-14(12)17/h8,10H,4-7,9H2,1-3H3,(H,16,18). The summed E-state index contributed by atoms with van der Waals surface area (Å²) in [4.78, 5) is 25.6. The molecule has 0 aromatic carbocycles. The van der Waals surface area contributed by atoms with Crippen molar-refractivity contribution in [3.63, 3.8) is 0 Å². The van der Waals surface area contributed by atoms with E-state index in [0.717, 1.165) is 35.0 Å². The van der Waals surface area contributed by atoms with Crippen LogP contribution >= 0.6 is 11.8 Å². The average Bonchev–Trinajstić information content (AvgIpc) is 3.01. The van der Waals surface area contributed by atoms with Crippen LogP contribution < -0.4 is 5.32 Å². The molecule has 6 heteroatoms. The number of nitrogens with zero attached hydrogens (tertiary/aromatic N) is 1. The van der Waals surface area contributed by atoms with Gasteiger partial charge in [0.15, 0.2) is 0 Å². The number of esters is 1. The highest BCUT2D eigenvalue weighted by Gasteiger charge is 2.35. The zero-order chi connectivity index (χ0) is 15.4. The molecule has 21 heavy (non-hydrogen) atoms. The molecule has 1 N–H and O–H groups in total. The maximum absolute atomic E-state index is 12.1. The van der Waals surface area contributed by atoms with Crippen molar-refractivity contribution in [3.8, 4) is 0 Å². The Morgan fingerprint density at radius 3 is 2.90 bits per heavy atom. The SMILES string of the molecule is CNC(=O)C=C1CSC2=C(C(=O)OCCC(C)C)CCN12. The lowest BCUT2D eigenvalue weighted by atomic mass is 10.1. The Kier molecular flexibility index (Phi) is 5.33. The van der Waals surface area contributed by atoms with Crippen LogP contribution in [-0.4, -0.2) is 42.7 Å². The van der Waals surface area contributed by atoms with Crippen molar-refractivity contribution in [2.75, 3.05) is 26.0 Å². The normalized spacial score (nSPS) is 19.4. The highest BCUT2D eigenvalue weighted by Crippen LogP contribution is 2.42. The van der Waals surface area contributed by atoms with Gasteiger partial charge in [-0.3, -0.25) is 4.79 Å². The number of rotatable bonds is 5. The molecule has 116 valence electrons. The van der Waals surface area contributed by atoms with Gasteiger partial charge in [-0.1, -0.05) is 13.8 Å². The van der Waals surface area contributed by atoms with E-state index in [4.69, 9.17) is 4.74 Å². The number of amides is 1. The van der Waals surface area contributed by atoms with Crippen molar-refractivity contribution in [2.45, 2.75) is 26.7 Å². The Morgan fingerprint density at radius 1 is 1.48 bits per heavy atom. The van der Waals surface area contributed by atoms with Gasteiger partial charge in [-0.25, -0.2) is 4.79 Å². The molecule has 2 rings (SSSR count). The van der Waals surface area contributed by atoms with Gasteiger partial charge in [-0.05, 0) is 12.3 Å². The molecule has 0 bridgehead atoms. The number of fused-ring (bicyclic) bond motifs is 1. The zero-order valence-corrected chi connectivity index (χ0v) is 13.6. The van der Waals surface area contributed by atoms with E-state index in [-0.39, 0.29) is 11.9 Å². The number of ether oxygens (including phenoxy) is 1. The molecule has 0 unspecified atom stereocenters. The first-order valence-electron chi connectivity index (χ1n) is 7.25. The molecule has 0 radical (unpaired) electrons. The van der Waals surface area contributed by atoms with Gasteiger partial charge < -0.3 is 15.0 Å². The summed E-state index contributed by atoms with van der Waals surface area (Å²) in [6.45, 7) is 5.43. The van der Waals surface area contributed by atoms with Gasteiger partial charge in [0.2, 0.25) is 5.91 Å². The van der Waals surface area contributed by atoms with Gasteiger partial charge >= 0.3 is 5.97 Å². The lowest BCUT2D eigenvalue weighted by Gasteiger charge is -2.14. The molecular weight excluding hydrogens is 288 g/mol. The topological polar surface area (TPSA) is 58.6 Å². The van der Waals surface area contributed by atoms with Crippen molar-refractivity contribution < 1.29 is 14.3 Å². The predicted octanol–water partition coefficient (Wildman–Crippen LogP) is 1.87. The fourth-order valence-electron chi connectivity index (χ4n) is 2.26.